The zero-order valence-electron chi connectivity index (χ0n) is 11.3. The van der Waals surface area contributed by atoms with E-state index >= 15 is 0 Å². The number of aliphatic hydroxyl groups is 4. The molecule has 1 fully saturated rings. The molecule has 1 aromatic carbocycles. The van der Waals surface area contributed by atoms with Crippen molar-refractivity contribution < 1.29 is 34.8 Å². The summed E-state index contributed by atoms with van der Waals surface area (Å²) in [5.74, 6) is -0.459. The van der Waals surface area contributed by atoms with Crippen molar-refractivity contribution in [2.24, 2.45) is 5.16 Å². The first-order valence-corrected chi connectivity index (χ1v) is 7.31. The van der Waals surface area contributed by atoms with E-state index in [0.29, 0.717) is 5.56 Å². The second kappa shape index (κ2) is 7.36. The Labute approximate surface area is 129 Å². The molecule has 2 rings (SSSR count). The predicted octanol–water partition coefficient (Wildman–Crippen LogP) is -0.505. The highest BCUT2D eigenvalue weighted by atomic mass is 32.2. The Kier molecular flexibility index (Phi) is 5.73. The van der Waals surface area contributed by atoms with E-state index in [1.165, 1.54) is 24.3 Å². The zero-order valence-corrected chi connectivity index (χ0v) is 12.1. The van der Waals surface area contributed by atoms with E-state index in [1.54, 1.807) is 0 Å². The molecule has 0 aromatic heterocycles. The Morgan fingerprint density at radius 1 is 1.14 bits per heavy atom. The average molecular weight is 333 g/mol. The SMILES string of the molecule is OC[C@H]1O[C@@H](S/C(=N\O)c2ccc(F)cc2)[C@H](O)[C@@H](O)[C@@H]1O. The first-order valence-electron chi connectivity index (χ1n) is 6.43. The van der Waals surface area contributed by atoms with E-state index in [9.17, 15) is 19.7 Å². The maximum absolute atomic E-state index is 12.9. The number of aliphatic hydroxyl groups excluding tert-OH is 4. The van der Waals surface area contributed by atoms with Gasteiger partial charge < -0.3 is 30.4 Å². The first kappa shape index (κ1) is 17.1. The number of ether oxygens (including phenoxy) is 1. The molecule has 0 amide bonds. The van der Waals surface area contributed by atoms with Crippen molar-refractivity contribution in [2.75, 3.05) is 6.61 Å². The van der Waals surface area contributed by atoms with Crippen molar-refractivity contribution in [1.29, 1.82) is 0 Å². The Morgan fingerprint density at radius 2 is 1.77 bits per heavy atom. The van der Waals surface area contributed by atoms with E-state index < -0.39 is 42.3 Å². The van der Waals surface area contributed by atoms with Crippen molar-refractivity contribution in [3.8, 4) is 0 Å². The van der Waals surface area contributed by atoms with E-state index in [2.05, 4.69) is 5.16 Å². The minimum absolute atomic E-state index is 0.0318. The highest BCUT2D eigenvalue weighted by Crippen LogP contribution is 2.31. The summed E-state index contributed by atoms with van der Waals surface area (Å²) < 4.78 is 18.2. The highest BCUT2D eigenvalue weighted by Gasteiger charge is 2.44. The molecular weight excluding hydrogens is 317 g/mol. The number of hydrogen-bond acceptors (Lipinski definition) is 8. The smallest absolute Gasteiger partial charge is 0.145 e. The van der Waals surface area contributed by atoms with E-state index in [0.717, 1.165) is 11.8 Å². The van der Waals surface area contributed by atoms with Crippen LogP contribution >= 0.6 is 11.8 Å². The first-order chi connectivity index (χ1) is 10.5. The Morgan fingerprint density at radius 3 is 2.32 bits per heavy atom. The fraction of sp³-hybridized carbons (Fsp3) is 0.462. The van der Waals surface area contributed by atoms with Gasteiger partial charge in [-0.25, -0.2) is 4.39 Å². The van der Waals surface area contributed by atoms with Crippen molar-refractivity contribution >= 4 is 16.8 Å². The molecule has 1 saturated heterocycles. The van der Waals surface area contributed by atoms with Gasteiger partial charge in [-0.15, -0.1) is 0 Å². The predicted molar refractivity (Wildman–Crippen MR) is 76.1 cm³/mol. The Bertz CT molecular complexity index is 526. The van der Waals surface area contributed by atoms with Crippen LogP contribution in [0.4, 0.5) is 4.39 Å². The monoisotopic (exact) mass is 333 g/mol. The number of hydrogen-bond donors (Lipinski definition) is 5. The second-order valence-corrected chi connectivity index (χ2v) is 5.81. The summed E-state index contributed by atoms with van der Waals surface area (Å²) in [5.41, 5.74) is -0.697. The van der Waals surface area contributed by atoms with Gasteiger partial charge in [-0.05, 0) is 24.3 Å². The molecular formula is C13H16FNO6S. The fourth-order valence-corrected chi connectivity index (χ4v) is 3.05. The molecule has 1 aliphatic heterocycles. The molecule has 1 aromatic rings. The van der Waals surface area contributed by atoms with Crippen LogP contribution in [0.2, 0.25) is 0 Å². The fourth-order valence-electron chi connectivity index (χ4n) is 2.02. The van der Waals surface area contributed by atoms with E-state index in [4.69, 9.17) is 15.1 Å². The normalized spacial score (nSPS) is 33.0. The van der Waals surface area contributed by atoms with Crippen LogP contribution in [0.1, 0.15) is 5.56 Å². The van der Waals surface area contributed by atoms with Gasteiger partial charge in [-0.3, -0.25) is 0 Å². The highest BCUT2D eigenvalue weighted by molar-refractivity contribution is 8.14. The maximum atomic E-state index is 12.9. The van der Waals surface area contributed by atoms with Crippen molar-refractivity contribution in [3.05, 3.63) is 35.6 Å². The average Bonchev–Trinajstić information content (AvgIpc) is 2.53. The van der Waals surface area contributed by atoms with Gasteiger partial charge in [0, 0.05) is 5.56 Å². The Balaban J connectivity index is 2.15. The van der Waals surface area contributed by atoms with Crippen molar-refractivity contribution in [3.63, 3.8) is 0 Å². The summed E-state index contributed by atoms with van der Waals surface area (Å²) in [4.78, 5) is 0. The lowest BCUT2D eigenvalue weighted by molar-refractivity contribution is -0.205. The Hall–Kier alpha value is -1.23. The van der Waals surface area contributed by atoms with Gasteiger partial charge in [0.05, 0.1) is 6.61 Å². The van der Waals surface area contributed by atoms with Crippen LogP contribution in [0.25, 0.3) is 0 Å². The summed E-state index contributed by atoms with van der Waals surface area (Å²) >= 11 is 0.781. The maximum Gasteiger partial charge on any atom is 0.145 e. The van der Waals surface area contributed by atoms with Gasteiger partial charge in [-0.2, -0.15) is 0 Å². The number of halogens is 1. The summed E-state index contributed by atoms with van der Waals surface area (Å²) in [6.07, 6.45) is -5.49. The number of oxime groups is 1. The third-order valence-corrected chi connectivity index (χ3v) is 4.42. The van der Waals surface area contributed by atoms with Gasteiger partial charge in [0.1, 0.15) is 40.7 Å². The molecule has 0 unspecified atom stereocenters. The second-order valence-electron chi connectivity index (χ2n) is 4.73. The van der Waals surface area contributed by atoms with Crippen molar-refractivity contribution in [2.45, 2.75) is 29.9 Å². The van der Waals surface area contributed by atoms with Crippen LogP contribution in [0, 0.1) is 5.82 Å². The molecule has 122 valence electrons. The van der Waals surface area contributed by atoms with Gasteiger partial charge in [-0.1, -0.05) is 16.9 Å². The van der Waals surface area contributed by atoms with Crippen LogP contribution in [0.3, 0.4) is 0 Å². The number of rotatable bonds is 3. The molecule has 22 heavy (non-hydrogen) atoms. The van der Waals surface area contributed by atoms with E-state index in [1.807, 2.05) is 0 Å². The molecule has 5 N–H and O–H groups in total. The van der Waals surface area contributed by atoms with Crippen LogP contribution < -0.4 is 0 Å². The molecule has 5 atom stereocenters. The van der Waals surface area contributed by atoms with E-state index in [-0.39, 0.29) is 5.04 Å². The largest absolute Gasteiger partial charge is 0.410 e. The summed E-state index contributed by atoms with van der Waals surface area (Å²) in [5, 5.41) is 50.6. The van der Waals surface area contributed by atoms with Gasteiger partial charge in [0.25, 0.3) is 0 Å². The summed E-state index contributed by atoms with van der Waals surface area (Å²) in [6, 6.07) is 5.10. The molecule has 1 aliphatic rings. The lowest BCUT2D eigenvalue weighted by Crippen LogP contribution is -2.57. The molecule has 0 spiro atoms. The van der Waals surface area contributed by atoms with Crippen LogP contribution in [0.15, 0.2) is 29.4 Å². The lowest BCUT2D eigenvalue weighted by atomic mass is 10.0. The van der Waals surface area contributed by atoms with Gasteiger partial charge in [0.2, 0.25) is 0 Å². The number of benzene rings is 1. The van der Waals surface area contributed by atoms with Crippen LogP contribution in [0.5, 0.6) is 0 Å². The zero-order chi connectivity index (χ0) is 16.3. The standard InChI is InChI=1S/C13H16FNO6S/c14-7-3-1-6(2-4-7)12(15-20)22-13-11(19)10(18)9(17)8(5-16)21-13/h1-4,8-11,13,16-20H,5H2/b15-12-/t8-,9-,10+,11-,13+/m1/s1. The molecule has 0 radical (unpaired) electrons. The van der Waals surface area contributed by atoms with Crippen LogP contribution in [-0.4, -0.2) is 67.1 Å². The topological polar surface area (TPSA) is 123 Å². The lowest BCUT2D eigenvalue weighted by Gasteiger charge is -2.39. The minimum atomic E-state index is -1.52. The molecule has 0 bridgehead atoms. The van der Waals surface area contributed by atoms with Gasteiger partial charge >= 0.3 is 0 Å². The molecule has 0 saturated carbocycles. The summed E-state index contributed by atoms with van der Waals surface area (Å²) in [7, 11) is 0. The number of thioether (sulfide) groups is 1. The molecule has 9 heteroatoms. The quantitative estimate of drug-likeness (QED) is 0.219. The molecule has 7 nitrogen and oxygen atoms in total. The number of nitrogens with zero attached hydrogens (tertiary/aromatic N) is 1. The molecule has 1 heterocycles. The van der Waals surface area contributed by atoms with Crippen molar-refractivity contribution in [1.82, 2.24) is 0 Å². The third-order valence-electron chi connectivity index (χ3n) is 3.26. The molecule has 0 aliphatic carbocycles. The van der Waals surface area contributed by atoms with Crippen LogP contribution in [-0.2, 0) is 4.74 Å². The van der Waals surface area contributed by atoms with Gasteiger partial charge in [0.15, 0.2) is 0 Å². The summed E-state index contributed by atoms with van der Waals surface area (Å²) in [6.45, 7) is -0.551. The third kappa shape index (κ3) is 3.57. The minimum Gasteiger partial charge on any atom is -0.410 e.